The fraction of sp³-hybridized carbons (Fsp3) is 0.250. The van der Waals surface area contributed by atoms with E-state index in [0.717, 1.165) is 5.69 Å². The molecule has 2 N–H and O–H groups in total. The van der Waals surface area contributed by atoms with Gasteiger partial charge in [0.25, 0.3) is 5.91 Å². The van der Waals surface area contributed by atoms with Crippen molar-refractivity contribution in [2.45, 2.75) is 13.5 Å². The molecule has 0 aromatic carbocycles. The fourth-order valence-corrected chi connectivity index (χ4v) is 1.07. The number of nitrogens with one attached hydrogen (secondary N) is 2. The number of hydrogen-bond donors (Lipinski definition) is 2. The Kier molecular flexibility index (Phi) is 2.44. The van der Waals surface area contributed by atoms with Crippen LogP contribution in [-0.2, 0) is 6.54 Å². The van der Waals surface area contributed by atoms with E-state index in [9.17, 15) is 4.79 Å². The lowest BCUT2D eigenvalue weighted by Crippen LogP contribution is -2.22. The molecule has 1 amide bonds. The van der Waals surface area contributed by atoms with Gasteiger partial charge in [-0.05, 0) is 6.92 Å². The summed E-state index contributed by atoms with van der Waals surface area (Å²) in [5, 5.41) is 15.8. The Balaban J connectivity index is 1.91. The first-order valence-corrected chi connectivity index (χ1v) is 4.32. The molecule has 0 atom stereocenters. The van der Waals surface area contributed by atoms with Crippen LogP contribution in [0.25, 0.3) is 0 Å². The second-order valence-electron chi connectivity index (χ2n) is 2.97. The summed E-state index contributed by atoms with van der Waals surface area (Å²) in [7, 11) is 0. The number of nitrogens with zero attached hydrogens (tertiary/aromatic N) is 3. The van der Waals surface area contributed by atoms with E-state index in [1.54, 1.807) is 6.07 Å². The van der Waals surface area contributed by atoms with Gasteiger partial charge < -0.3 is 9.84 Å². The summed E-state index contributed by atoms with van der Waals surface area (Å²) in [4.78, 5) is 11.4. The minimum absolute atomic E-state index is 0.242. The molecular weight excluding hydrogens is 198 g/mol. The Morgan fingerprint density at radius 3 is 3.13 bits per heavy atom. The van der Waals surface area contributed by atoms with Gasteiger partial charge in [-0.25, -0.2) is 0 Å². The predicted octanol–water partition coefficient (Wildman–Crippen LogP) is 0.0311. The number of carbonyl (C=O) groups excluding carboxylic acids is 1. The van der Waals surface area contributed by atoms with E-state index in [4.69, 9.17) is 4.52 Å². The molecule has 2 heterocycles. The third-order valence-electron chi connectivity index (χ3n) is 1.75. The maximum atomic E-state index is 11.4. The van der Waals surface area contributed by atoms with Gasteiger partial charge in [0.2, 0.25) is 0 Å². The van der Waals surface area contributed by atoms with Crippen molar-refractivity contribution in [3.8, 4) is 0 Å². The van der Waals surface area contributed by atoms with Crippen molar-refractivity contribution in [2.75, 3.05) is 0 Å². The molecule has 15 heavy (non-hydrogen) atoms. The molecule has 7 nitrogen and oxygen atoms in total. The van der Waals surface area contributed by atoms with Crippen LogP contribution in [0.5, 0.6) is 0 Å². The monoisotopic (exact) mass is 207 g/mol. The van der Waals surface area contributed by atoms with Crippen LogP contribution in [0.1, 0.15) is 21.9 Å². The number of amides is 1. The first-order chi connectivity index (χ1) is 7.25. The van der Waals surface area contributed by atoms with E-state index >= 15 is 0 Å². The highest BCUT2D eigenvalue weighted by molar-refractivity contribution is 5.91. The van der Waals surface area contributed by atoms with Gasteiger partial charge in [0.05, 0.1) is 18.4 Å². The van der Waals surface area contributed by atoms with Crippen LogP contribution in [0.3, 0.4) is 0 Å². The van der Waals surface area contributed by atoms with Gasteiger partial charge in [-0.15, -0.1) is 0 Å². The lowest BCUT2D eigenvalue weighted by Gasteiger charge is -1.97. The predicted molar refractivity (Wildman–Crippen MR) is 48.8 cm³/mol. The van der Waals surface area contributed by atoms with E-state index in [1.165, 1.54) is 6.20 Å². The van der Waals surface area contributed by atoms with E-state index in [2.05, 4.69) is 25.9 Å². The van der Waals surface area contributed by atoms with Crippen molar-refractivity contribution in [2.24, 2.45) is 0 Å². The largest absolute Gasteiger partial charge is 0.359 e. The first kappa shape index (κ1) is 9.38. The molecule has 0 unspecified atom stereocenters. The number of rotatable bonds is 3. The average Bonchev–Trinajstić information content (AvgIpc) is 2.84. The van der Waals surface area contributed by atoms with Gasteiger partial charge in [0, 0.05) is 6.07 Å². The summed E-state index contributed by atoms with van der Waals surface area (Å²) in [5.74, 6) is 0.294. The summed E-state index contributed by atoms with van der Waals surface area (Å²) in [6.07, 6.45) is 1.35. The van der Waals surface area contributed by atoms with E-state index in [1.807, 2.05) is 6.92 Å². The second-order valence-corrected chi connectivity index (χ2v) is 2.97. The maximum absolute atomic E-state index is 11.4. The van der Waals surface area contributed by atoms with Crippen molar-refractivity contribution in [1.29, 1.82) is 0 Å². The van der Waals surface area contributed by atoms with E-state index < -0.39 is 0 Å². The Hall–Kier alpha value is -2.18. The highest BCUT2D eigenvalue weighted by atomic mass is 16.5. The molecular formula is C8H9N5O2. The van der Waals surface area contributed by atoms with Gasteiger partial charge in [-0.3, -0.25) is 4.79 Å². The minimum Gasteiger partial charge on any atom is -0.359 e. The smallest absolute Gasteiger partial charge is 0.273 e. The minimum atomic E-state index is -0.308. The first-order valence-electron chi connectivity index (χ1n) is 4.32. The van der Waals surface area contributed by atoms with E-state index in [-0.39, 0.29) is 18.1 Å². The zero-order valence-corrected chi connectivity index (χ0v) is 8.02. The molecule has 0 aliphatic heterocycles. The lowest BCUT2D eigenvalue weighted by atomic mass is 10.3. The summed E-state index contributed by atoms with van der Waals surface area (Å²) in [6.45, 7) is 2.10. The topological polar surface area (TPSA) is 96.7 Å². The number of carbonyl (C=O) groups is 1. The fourth-order valence-electron chi connectivity index (χ4n) is 1.07. The Morgan fingerprint density at radius 1 is 1.67 bits per heavy atom. The molecule has 2 rings (SSSR count). The summed E-state index contributed by atoms with van der Waals surface area (Å²) < 4.78 is 4.92. The average molecular weight is 207 g/mol. The van der Waals surface area contributed by atoms with Crippen LogP contribution in [0.2, 0.25) is 0 Å². The van der Waals surface area contributed by atoms with Crippen LogP contribution in [0.15, 0.2) is 16.8 Å². The van der Waals surface area contributed by atoms with Gasteiger partial charge >= 0.3 is 0 Å². The quantitative estimate of drug-likeness (QED) is 0.740. The van der Waals surface area contributed by atoms with Crippen LogP contribution < -0.4 is 5.32 Å². The molecule has 78 valence electrons. The second kappa shape index (κ2) is 3.91. The molecule has 0 bridgehead atoms. The van der Waals surface area contributed by atoms with Gasteiger partial charge in [-0.2, -0.15) is 15.4 Å². The van der Waals surface area contributed by atoms with E-state index in [0.29, 0.717) is 5.76 Å². The Labute approximate surface area is 84.8 Å². The third-order valence-corrected chi connectivity index (χ3v) is 1.75. The number of aromatic nitrogens is 4. The molecule has 0 saturated heterocycles. The van der Waals surface area contributed by atoms with Crippen molar-refractivity contribution >= 4 is 5.91 Å². The van der Waals surface area contributed by atoms with Crippen LogP contribution in [0.4, 0.5) is 0 Å². The summed E-state index contributed by atoms with van der Waals surface area (Å²) in [6, 6.07) is 1.75. The van der Waals surface area contributed by atoms with Gasteiger partial charge in [0.15, 0.2) is 11.5 Å². The van der Waals surface area contributed by atoms with Crippen LogP contribution in [-0.4, -0.2) is 26.5 Å². The molecule has 0 spiro atoms. The standard InChI is InChI=1S/C8H9N5O2/c1-5-2-6(15-12-5)3-9-8(14)7-4-10-13-11-7/h2,4H,3H2,1H3,(H,9,14)(H,10,11,13). The molecule has 7 heteroatoms. The zero-order chi connectivity index (χ0) is 10.7. The van der Waals surface area contributed by atoms with Crippen molar-refractivity contribution < 1.29 is 9.32 Å². The highest BCUT2D eigenvalue weighted by Gasteiger charge is 2.09. The molecule has 0 saturated carbocycles. The molecule has 0 radical (unpaired) electrons. The maximum Gasteiger partial charge on any atom is 0.273 e. The molecule has 0 fully saturated rings. The van der Waals surface area contributed by atoms with Gasteiger partial charge in [-0.1, -0.05) is 5.16 Å². The van der Waals surface area contributed by atoms with Crippen molar-refractivity contribution in [1.82, 2.24) is 25.9 Å². The summed E-state index contributed by atoms with van der Waals surface area (Å²) in [5.41, 5.74) is 1.02. The van der Waals surface area contributed by atoms with Gasteiger partial charge in [0.1, 0.15) is 0 Å². The van der Waals surface area contributed by atoms with Crippen molar-refractivity contribution in [3.63, 3.8) is 0 Å². The Bertz CT molecular complexity index is 447. The normalized spacial score (nSPS) is 10.2. The third kappa shape index (κ3) is 2.19. The zero-order valence-electron chi connectivity index (χ0n) is 8.02. The summed E-state index contributed by atoms with van der Waals surface area (Å²) >= 11 is 0. The molecule has 2 aromatic heterocycles. The number of aryl methyl sites for hydroxylation is 1. The van der Waals surface area contributed by atoms with Crippen LogP contribution >= 0.6 is 0 Å². The Morgan fingerprint density at radius 2 is 2.53 bits per heavy atom. The lowest BCUT2D eigenvalue weighted by molar-refractivity contribution is 0.0942. The number of hydrogen-bond acceptors (Lipinski definition) is 5. The number of H-pyrrole nitrogens is 1. The molecule has 2 aromatic rings. The van der Waals surface area contributed by atoms with Crippen LogP contribution in [0, 0.1) is 6.92 Å². The SMILES string of the molecule is Cc1cc(CNC(=O)c2cn[nH]n2)on1. The highest BCUT2D eigenvalue weighted by Crippen LogP contribution is 2.01. The number of aromatic amines is 1. The molecule has 0 aliphatic rings. The van der Waals surface area contributed by atoms with Crippen molar-refractivity contribution in [3.05, 3.63) is 29.4 Å². The molecule has 0 aliphatic carbocycles.